The van der Waals surface area contributed by atoms with Crippen LogP contribution >= 0.6 is 0 Å². The Morgan fingerprint density at radius 1 is 0.957 bits per heavy atom. The highest BCUT2D eigenvalue weighted by atomic mass is 16.2. The van der Waals surface area contributed by atoms with E-state index in [0.717, 1.165) is 12.1 Å². The highest BCUT2D eigenvalue weighted by Gasteiger charge is 2.16. The predicted molar refractivity (Wildman–Crippen MR) is 95.0 cm³/mol. The number of amides is 1. The first-order chi connectivity index (χ1) is 11.1. The summed E-state index contributed by atoms with van der Waals surface area (Å²) in [7, 11) is 0. The van der Waals surface area contributed by atoms with Crippen LogP contribution in [-0.4, -0.2) is 23.4 Å². The normalized spacial score (nSPS) is 12.4. The van der Waals surface area contributed by atoms with Gasteiger partial charge in [0.25, 0.3) is 0 Å². The summed E-state index contributed by atoms with van der Waals surface area (Å²) in [5.41, 5.74) is 2.35. The Morgan fingerprint density at radius 3 is 2.09 bits per heavy atom. The third kappa shape index (κ3) is 5.53. The van der Waals surface area contributed by atoms with Crippen LogP contribution in [0.15, 0.2) is 60.7 Å². The van der Waals surface area contributed by atoms with Crippen molar-refractivity contribution < 1.29 is 4.79 Å². The second-order valence-corrected chi connectivity index (χ2v) is 6.18. The van der Waals surface area contributed by atoms with Crippen LogP contribution in [0.3, 0.4) is 0 Å². The van der Waals surface area contributed by atoms with E-state index >= 15 is 0 Å². The lowest BCUT2D eigenvalue weighted by atomic mass is 10.1. The molecular weight excluding hydrogens is 284 g/mol. The van der Waals surface area contributed by atoms with E-state index in [0.29, 0.717) is 12.6 Å². The lowest BCUT2D eigenvalue weighted by Gasteiger charge is -2.26. The van der Waals surface area contributed by atoms with Crippen LogP contribution in [-0.2, 0) is 11.3 Å². The van der Waals surface area contributed by atoms with Gasteiger partial charge < -0.3 is 5.32 Å². The fourth-order valence-electron chi connectivity index (χ4n) is 2.54. The number of carbonyl (C=O) groups excluding carboxylic acids is 1. The van der Waals surface area contributed by atoms with Gasteiger partial charge in [0, 0.05) is 12.6 Å². The molecule has 2 aromatic rings. The summed E-state index contributed by atoms with van der Waals surface area (Å²) in [5.74, 6) is 0.0611. The molecule has 0 heterocycles. The Bertz CT molecular complexity index is 596. The molecule has 2 aromatic carbocycles. The zero-order valence-corrected chi connectivity index (χ0v) is 14.2. The zero-order valence-electron chi connectivity index (χ0n) is 14.2. The van der Waals surface area contributed by atoms with Crippen LogP contribution in [0.2, 0.25) is 0 Å². The number of nitrogens with one attached hydrogen (secondary N) is 1. The van der Waals surface area contributed by atoms with Crippen LogP contribution in [0.1, 0.15) is 37.9 Å². The smallest absolute Gasteiger partial charge is 0.234 e. The van der Waals surface area contributed by atoms with Gasteiger partial charge in [0.05, 0.1) is 12.6 Å². The highest BCUT2D eigenvalue weighted by Crippen LogP contribution is 2.12. The first-order valence-corrected chi connectivity index (χ1v) is 8.18. The minimum absolute atomic E-state index is 0.0226. The van der Waals surface area contributed by atoms with Crippen molar-refractivity contribution in [3.63, 3.8) is 0 Å². The van der Waals surface area contributed by atoms with Crippen LogP contribution in [0.25, 0.3) is 0 Å². The second-order valence-electron chi connectivity index (χ2n) is 6.18. The average molecular weight is 310 g/mol. The Kier molecular flexibility index (Phi) is 6.36. The maximum Gasteiger partial charge on any atom is 0.234 e. The number of hydrogen-bond acceptors (Lipinski definition) is 2. The van der Waals surface area contributed by atoms with E-state index < -0.39 is 0 Å². The molecule has 3 heteroatoms. The topological polar surface area (TPSA) is 32.3 Å². The molecule has 0 bridgehead atoms. The van der Waals surface area contributed by atoms with Crippen molar-refractivity contribution >= 4 is 5.91 Å². The Balaban J connectivity index is 1.93. The van der Waals surface area contributed by atoms with Gasteiger partial charge in [-0.3, -0.25) is 9.69 Å². The number of nitrogens with zero attached hydrogens (tertiary/aromatic N) is 1. The van der Waals surface area contributed by atoms with Crippen molar-refractivity contribution in [1.82, 2.24) is 10.2 Å². The molecule has 23 heavy (non-hydrogen) atoms. The van der Waals surface area contributed by atoms with E-state index in [2.05, 4.69) is 36.2 Å². The average Bonchev–Trinajstić information content (AvgIpc) is 2.56. The molecule has 1 atom stereocenters. The van der Waals surface area contributed by atoms with Crippen LogP contribution in [0.4, 0.5) is 0 Å². The molecule has 1 unspecified atom stereocenters. The maximum atomic E-state index is 12.4. The zero-order chi connectivity index (χ0) is 16.7. The minimum Gasteiger partial charge on any atom is -0.348 e. The van der Waals surface area contributed by atoms with Crippen molar-refractivity contribution in [2.24, 2.45) is 0 Å². The fourth-order valence-corrected chi connectivity index (χ4v) is 2.54. The molecule has 0 radical (unpaired) electrons. The Morgan fingerprint density at radius 2 is 1.52 bits per heavy atom. The third-order valence-electron chi connectivity index (χ3n) is 3.98. The Labute approximate surface area is 139 Å². The maximum absolute atomic E-state index is 12.4. The molecule has 3 nitrogen and oxygen atoms in total. The van der Waals surface area contributed by atoms with Gasteiger partial charge in [-0.2, -0.15) is 0 Å². The molecule has 1 amide bonds. The van der Waals surface area contributed by atoms with Crippen molar-refractivity contribution in [3.05, 3.63) is 71.8 Å². The molecule has 2 rings (SSSR count). The van der Waals surface area contributed by atoms with E-state index in [9.17, 15) is 4.79 Å². The van der Waals surface area contributed by atoms with Crippen LogP contribution in [0, 0.1) is 0 Å². The van der Waals surface area contributed by atoms with Crippen LogP contribution in [0.5, 0.6) is 0 Å². The van der Waals surface area contributed by atoms with Gasteiger partial charge >= 0.3 is 0 Å². The van der Waals surface area contributed by atoms with E-state index in [1.165, 1.54) is 5.56 Å². The van der Waals surface area contributed by atoms with Gasteiger partial charge in [0.2, 0.25) is 5.91 Å². The molecule has 1 N–H and O–H groups in total. The molecule has 0 aliphatic rings. The fraction of sp³-hybridized carbons (Fsp3) is 0.350. The number of hydrogen-bond donors (Lipinski definition) is 1. The van der Waals surface area contributed by atoms with Gasteiger partial charge in [0.1, 0.15) is 0 Å². The third-order valence-corrected chi connectivity index (χ3v) is 3.98. The minimum atomic E-state index is 0.0226. The first-order valence-electron chi connectivity index (χ1n) is 8.18. The molecule has 0 aliphatic heterocycles. The summed E-state index contributed by atoms with van der Waals surface area (Å²) >= 11 is 0. The largest absolute Gasteiger partial charge is 0.348 e. The number of carbonyl (C=O) groups is 1. The number of rotatable bonds is 7. The molecule has 0 aliphatic carbocycles. The van der Waals surface area contributed by atoms with Gasteiger partial charge in [-0.25, -0.2) is 0 Å². The summed E-state index contributed by atoms with van der Waals surface area (Å²) in [6.45, 7) is 7.45. The quantitative estimate of drug-likeness (QED) is 0.844. The lowest BCUT2D eigenvalue weighted by molar-refractivity contribution is -0.123. The van der Waals surface area contributed by atoms with E-state index in [-0.39, 0.29) is 11.9 Å². The molecule has 0 spiro atoms. The summed E-state index contributed by atoms with van der Waals surface area (Å²) in [5, 5.41) is 3.09. The van der Waals surface area contributed by atoms with Gasteiger partial charge in [-0.15, -0.1) is 0 Å². The monoisotopic (exact) mass is 310 g/mol. The first kappa shape index (κ1) is 17.2. The van der Waals surface area contributed by atoms with Crippen molar-refractivity contribution in [2.75, 3.05) is 6.54 Å². The summed E-state index contributed by atoms with van der Waals surface area (Å²) in [6.07, 6.45) is 0. The number of benzene rings is 2. The second kappa shape index (κ2) is 8.49. The predicted octanol–water partition coefficient (Wildman–Crippen LogP) is 3.77. The van der Waals surface area contributed by atoms with Crippen LogP contribution < -0.4 is 5.32 Å². The van der Waals surface area contributed by atoms with E-state index in [4.69, 9.17) is 0 Å². The highest BCUT2D eigenvalue weighted by molar-refractivity contribution is 5.78. The molecule has 122 valence electrons. The summed E-state index contributed by atoms with van der Waals surface area (Å²) in [4.78, 5) is 14.6. The molecule has 0 fully saturated rings. The molecule has 0 aromatic heterocycles. The molecular formula is C20H26N2O. The summed E-state index contributed by atoms with van der Waals surface area (Å²) in [6, 6.07) is 20.7. The van der Waals surface area contributed by atoms with E-state index in [1.807, 2.05) is 55.5 Å². The van der Waals surface area contributed by atoms with Crippen molar-refractivity contribution in [3.8, 4) is 0 Å². The Hall–Kier alpha value is -2.13. The van der Waals surface area contributed by atoms with Crippen molar-refractivity contribution in [2.45, 2.75) is 39.4 Å². The molecule has 0 saturated carbocycles. The summed E-state index contributed by atoms with van der Waals surface area (Å²) < 4.78 is 0. The standard InChI is InChI=1S/C20H26N2O/c1-16(2)22(14-18-10-6-4-7-11-18)15-20(23)21-17(3)19-12-8-5-9-13-19/h4-13,16-17H,14-15H2,1-3H3,(H,21,23). The molecule has 0 saturated heterocycles. The SMILES string of the molecule is CC(NC(=O)CN(Cc1ccccc1)C(C)C)c1ccccc1. The van der Waals surface area contributed by atoms with Gasteiger partial charge in [0.15, 0.2) is 0 Å². The van der Waals surface area contributed by atoms with E-state index in [1.54, 1.807) is 0 Å². The van der Waals surface area contributed by atoms with Crippen molar-refractivity contribution in [1.29, 1.82) is 0 Å². The lowest BCUT2D eigenvalue weighted by Crippen LogP contribution is -2.41. The van der Waals surface area contributed by atoms with Gasteiger partial charge in [-0.05, 0) is 31.9 Å². The van der Waals surface area contributed by atoms with Gasteiger partial charge in [-0.1, -0.05) is 60.7 Å².